The van der Waals surface area contributed by atoms with Crippen molar-refractivity contribution in [1.29, 1.82) is 5.26 Å². The van der Waals surface area contributed by atoms with Gasteiger partial charge in [0.25, 0.3) is 5.56 Å². The number of aromatic nitrogens is 1. The van der Waals surface area contributed by atoms with Crippen LogP contribution in [0.5, 0.6) is 11.5 Å². The summed E-state index contributed by atoms with van der Waals surface area (Å²) in [5.74, 6) is -1.08. The monoisotopic (exact) mass is 447 g/mol. The van der Waals surface area contributed by atoms with Gasteiger partial charge in [0.05, 0.1) is 27.6 Å². The first-order chi connectivity index (χ1) is 14.2. The largest absolute Gasteiger partial charge is 0.480 e. The molecule has 12 heteroatoms. The zero-order chi connectivity index (χ0) is 22.0. The molecule has 2 aromatic rings. The molecular weight excluding hydrogens is 437 g/mol. The minimum Gasteiger partial charge on any atom is -0.480 e. The molecule has 0 radical (unpaired) electrons. The van der Waals surface area contributed by atoms with Gasteiger partial charge in [-0.1, -0.05) is 29.8 Å². The summed E-state index contributed by atoms with van der Waals surface area (Å²) < 4.78 is 6.55. The molecule has 1 aliphatic heterocycles. The number of pyridine rings is 1. The lowest BCUT2D eigenvalue weighted by molar-refractivity contribution is -0.137. The second kappa shape index (κ2) is 8.28. The fourth-order valence-corrected chi connectivity index (χ4v) is 2.99. The zero-order valence-corrected chi connectivity index (χ0v) is 16.4. The van der Waals surface area contributed by atoms with Gasteiger partial charge in [-0.2, -0.15) is 15.4 Å². The van der Waals surface area contributed by atoms with Crippen LogP contribution >= 0.6 is 23.2 Å². The first-order valence-electron chi connectivity index (χ1n) is 8.08. The highest BCUT2D eigenvalue weighted by Gasteiger charge is 2.26. The summed E-state index contributed by atoms with van der Waals surface area (Å²) in [4.78, 5) is 34.7. The predicted octanol–water partition coefficient (Wildman–Crippen LogP) is 2.95. The van der Waals surface area contributed by atoms with Crippen LogP contribution < -0.4 is 20.6 Å². The summed E-state index contributed by atoms with van der Waals surface area (Å²) in [6.07, 6.45) is 1.20. The third kappa shape index (κ3) is 4.27. The Bertz CT molecular complexity index is 1190. The molecule has 152 valence electrons. The number of hydrogen-bond donors (Lipinski definition) is 2. The van der Waals surface area contributed by atoms with E-state index in [9.17, 15) is 14.4 Å². The molecule has 0 unspecified atom stereocenters. The molecule has 30 heavy (non-hydrogen) atoms. The van der Waals surface area contributed by atoms with E-state index in [1.807, 2.05) is 0 Å². The van der Waals surface area contributed by atoms with Crippen molar-refractivity contribution in [1.82, 2.24) is 9.88 Å². The Morgan fingerprint density at radius 3 is 2.57 bits per heavy atom. The van der Waals surface area contributed by atoms with Gasteiger partial charge in [-0.15, -0.1) is 0 Å². The number of carboxylic acids is 1. The van der Waals surface area contributed by atoms with Crippen molar-refractivity contribution < 1.29 is 19.4 Å². The lowest BCUT2D eigenvalue weighted by Gasteiger charge is -2.24. The fourth-order valence-electron chi connectivity index (χ4n) is 2.44. The van der Waals surface area contributed by atoms with Crippen molar-refractivity contribution in [2.75, 3.05) is 5.01 Å². The van der Waals surface area contributed by atoms with Gasteiger partial charge in [0, 0.05) is 6.07 Å². The number of rotatable bonds is 5. The first-order valence-corrected chi connectivity index (χ1v) is 8.83. The van der Waals surface area contributed by atoms with E-state index in [0.29, 0.717) is 0 Å². The SMILES string of the molecule is C=C1NC(=O)N(c2cc(Cl)c(Oc3ccc(=O)n(CC(=O)O)c3)c(Cl)c2)N=C1C#N. The van der Waals surface area contributed by atoms with Gasteiger partial charge in [0.1, 0.15) is 18.4 Å². The molecule has 2 heterocycles. The highest BCUT2D eigenvalue weighted by atomic mass is 35.5. The van der Waals surface area contributed by atoms with Crippen LogP contribution in [-0.4, -0.2) is 27.4 Å². The van der Waals surface area contributed by atoms with E-state index in [-0.39, 0.29) is 38.6 Å². The maximum Gasteiger partial charge on any atom is 0.347 e. The number of allylic oxidation sites excluding steroid dienone is 1. The minimum atomic E-state index is -1.20. The molecule has 2 N–H and O–H groups in total. The Morgan fingerprint density at radius 1 is 1.30 bits per heavy atom. The third-order valence-electron chi connectivity index (χ3n) is 3.75. The third-order valence-corrected chi connectivity index (χ3v) is 4.31. The number of benzene rings is 1. The number of carbonyl (C=O) groups excluding carboxylic acids is 1. The second-order valence-corrected chi connectivity index (χ2v) is 6.66. The molecule has 0 saturated carbocycles. The van der Waals surface area contributed by atoms with Crippen molar-refractivity contribution in [2.45, 2.75) is 6.54 Å². The number of amides is 2. The molecule has 0 aliphatic carbocycles. The lowest BCUT2D eigenvalue weighted by atomic mass is 10.2. The van der Waals surface area contributed by atoms with Gasteiger partial charge in [0.2, 0.25) is 0 Å². The fraction of sp³-hybridized carbons (Fsp3) is 0.0556. The number of nitrogens with zero attached hydrogens (tertiary/aromatic N) is 4. The van der Waals surface area contributed by atoms with E-state index in [2.05, 4.69) is 17.0 Å². The molecule has 3 rings (SSSR count). The molecule has 2 amide bonds. The smallest absolute Gasteiger partial charge is 0.347 e. The Hall–Kier alpha value is -3.81. The number of aliphatic carboxylic acids is 1. The number of ether oxygens (including phenoxy) is 1. The maximum atomic E-state index is 12.2. The molecule has 1 aromatic carbocycles. The van der Waals surface area contributed by atoms with E-state index < -0.39 is 24.1 Å². The Morgan fingerprint density at radius 2 is 1.97 bits per heavy atom. The van der Waals surface area contributed by atoms with Gasteiger partial charge < -0.3 is 19.7 Å². The second-order valence-electron chi connectivity index (χ2n) is 5.85. The number of hydrogen-bond acceptors (Lipinski definition) is 6. The number of carbonyl (C=O) groups is 2. The van der Waals surface area contributed by atoms with E-state index in [1.54, 1.807) is 6.07 Å². The molecule has 0 fully saturated rings. The van der Waals surface area contributed by atoms with Crippen molar-refractivity contribution in [3.8, 4) is 17.6 Å². The number of halogens is 2. The molecular formula is C18H11Cl2N5O5. The van der Waals surface area contributed by atoms with Crippen LogP contribution in [-0.2, 0) is 11.3 Å². The van der Waals surface area contributed by atoms with Crippen LogP contribution in [0.4, 0.5) is 10.5 Å². The summed E-state index contributed by atoms with van der Waals surface area (Å²) in [5.41, 5.74) is -0.401. The molecule has 0 spiro atoms. The summed E-state index contributed by atoms with van der Waals surface area (Å²) in [7, 11) is 0. The van der Waals surface area contributed by atoms with Crippen LogP contribution in [0.1, 0.15) is 0 Å². The topological polar surface area (TPSA) is 137 Å². The van der Waals surface area contributed by atoms with Crippen molar-refractivity contribution >= 4 is 46.6 Å². The van der Waals surface area contributed by atoms with Crippen molar-refractivity contribution in [3.05, 3.63) is 63.1 Å². The molecule has 0 saturated heterocycles. The van der Waals surface area contributed by atoms with E-state index in [1.165, 1.54) is 24.4 Å². The highest BCUT2D eigenvalue weighted by molar-refractivity contribution is 6.37. The molecule has 10 nitrogen and oxygen atoms in total. The van der Waals surface area contributed by atoms with Gasteiger partial charge in [0.15, 0.2) is 11.5 Å². The Kier molecular flexibility index (Phi) is 5.77. The van der Waals surface area contributed by atoms with Gasteiger partial charge in [-0.25, -0.2) is 4.79 Å². The number of carboxylic acid groups (broad SMARTS) is 1. The summed E-state index contributed by atoms with van der Waals surface area (Å²) in [6.45, 7) is 2.98. The van der Waals surface area contributed by atoms with E-state index >= 15 is 0 Å². The number of urea groups is 1. The van der Waals surface area contributed by atoms with Crippen LogP contribution in [0.3, 0.4) is 0 Å². The van der Waals surface area contributed by atoms with Gasteiger partial charge >= 0.3 is 12.0 Å². The molecule has 1 aliphatic rings. The lowest BCUT2D eigenvalue weighted by Crippen LogP contribution is -2.42. The zero-order valence-electron chi connectivity index (χ0n) is 14.9. The van der Waals surface area contributed by atoms with Gasteiger partial charge in [-0.05, 0) is 18.2 Å². The van der Waals surface area contributed by atoms with Crippen LogP contribution in [0.15, 0.2) is 52.6 Å². The standard InChI is InChI=1S/C18H11Cl2N5O5/c1-9-14(6-21)23-25(18(29)22-9)10-4-12(19)17(13(20)5-10)30-11-2-3-15(26)24(7-11)8-16(27)28/h2-5,7H,1,8H2,(H,22,29)(H,27,28). The maximum absolute atomic E-state index is 12.2. The van der Waals surface area contributed by atoms with E-state index in [4.69, 9.17) is 38.3 Å². The number of anilines is 1. The molecule has 0 atom stereocenters. The first kappa shape index (κ1) is 20.9. The Balaban J connectivity index is 1.95. The van der Waals surface area contributed by atoms with E-state index in [0.717, 1.165) is 15.6 Å². The number of nitriles is 1. The predicted molar refractivity (Wildman–Crippen MR) is 108 cm³/mol. The number of nitrogens with one attached hydrogen (secondary N) is 1. The van der Waals surface area contributed by atoms with Crippen molar-refractivity contribution in [2.24, 2.45) is 5.10 Å². The van der Waals surface area contributed by atoms with Gasteiger partial charge in [-0.3, -0.25) is 9.59 Å². The average Bonchev–Trinajstić information content (AvgIpc) is 2.66. The Labute approximate surface area is 178 Å². The summed E-state index contributed by atoms with van der Waals surface area (Å²) in [6, 6.07) is 6.27. The average molecular weight is 448 g/mol. The minimum absolute atomic E-state index is 0.000563. The molecule has 1 aromatic heterocycles. The normalized spacial score (nSPS) is 13.4. The van der Waals surface area contributed by atoms with Crippen LogP contribution in [0, 0.1) is 11.3 Å². The summed E-state index contributed by atoms with van der Waals surface area (Å²) in [5, 5.41) is 25.1. The summed E-state index contributed by atoms with van der Waals surface area (Å²) >= 11 is 12.5. The van der Waals surface area contributed by atoms with Crippen LogP contribution in [0.25, 0.3) is 0 Å². The van der Waals surface area contributed by atoms with Crippen molar-refractivity contribution in [3.63, 3.8) is 0 Å². The quantitative estimate of drug-likeness (QED) is 0.722. The highest BCUT2D eigenvalue weighted by Crippen LogP contribution is 2.40. The number of hydrazone groups is 1. The van der Waals surface area contributed by atoms with Crippen LogP contribution in [0.2, 0.25) is 10.0 Å². The molecule has 0 bridgehead atoms.